The van der Waals surface area contributed by atoms with Crippen molar-refractivity contribution in [3.05, 3.63) is 100 Å². The molecule has 1 aliphatic rings. The van der Waals surface area contributed by atoms with Gasteiger partial charge in [-0.2, -0.15) is 0 Å². The smallest absolute Gasteiger partial charge is 0.263 e. The van der Waals surface area contributed by atoms with E-state index in [0.717, 1.165) is 29.2 Å². The third kappa shape index (κ3) is 5.40. The molecule has 172 valence electrons. The highest BCUT2D eigenvalue weighted by atomic mass is 35.5. The Hall–Kier alpha value is -2.82. The third-order valence-electron chi connectivity index (χ3n) is 6.29. The van der Waals surface area contributed by atoms with Crippen molar-refractivity contribution in [2.24, 2.45) is 0 Å². The Labute approximate surface area is 201 Å². The van der Waals surface area contributed by atoms with Gasteiger partial charge in [-0.3, -0.25) is 9.69 Å². The SMILES string of the molecule is Cc1cc(O[C@@H](C)C(=O)N2CCN(C(c3ccccc3)c3ccccc3)CC2)cc(C)c1Cl. The largest absolute Gasteiger partial charge is 0.481 e. The number of ether oxygens (including phenoxy) is 1. The van der Waals surface area contributed by atoms with Crippen LogP contribution in [0.2, 0.25) is 5.02 Å². The number of carbonyl (C=O) groups is 1. The van der Waals surface area contributed by atoms with Crippen LogP contribution in [0.3, 0.4) is 0 Å². The minimum atomic E-state index is -0.546. The zero-order valence-electron chi connectivity index (χ0n) is 19.5. The van der Waals surface area contributed by atoms with Crippen LogP contribution in [0.4, 0.5) is 0 Å². The fourth-order valence-corrected chi connectivity index (χ4v) is 4.68. The van der Waals surface area contributed by atoms with Crippen molar-refractivity contribution in [1.82, 2.24) is 9.80 Å². The zero-order chi connectivity index (χ0) is 23.4. The van der Waals surface area contributed by atoms with Gasteiger partial charge >= 0.3 is 0 Å². The number of carbonyl (C=O) groups excluding carboxylic acids is 1. The van der Waals surface area contributed by atoms with Crippen molar-refractivity contribution in [2.75, 3.05) is 26.2 Å². The lowest BCUT2D eigenvalue weighted by Crippen LogP contribution is -2.52. The van der Waals surface area contributed by atoms with E-state index >= 15 is 0 Å². The molecule has 1 atom stereocenters. The van der Waals surface area contributed by atoms with Gasteiger partial charge in [0.15, 0.2) is 6.10 Å². The van der Waals surface area contributed by atoms with E-state index in [1.807, 2.05) is 49.9 Å². The van der Waals surface area contributed by atoms with E-state index in [2.05, 4.69) is 53.4 Å². The van der Waals surface area contributed by atoms with Crippen LogP contribution in [0, 0.1) is 13.8 Å². The predicted molar refractivity (Wildman–Crippen MR) is 134 cm³/mol. The van der Waals surface area contributed by atoms with Crippen molar-refractivity contribution in [3.8, 4) is 5.75 Å². The molecule has 33 heavy (non-hydrogen) atoms. The summed E-state index contributed by atoms with van der Waals surface area (Å²) in [6, 6.07) is 25.1. The summed E-state index contributed by atoms with van der Waals surface area (Å²) >= 11 is 6.26. The molecule has 5 heteroatoms. The van der Waals surface area contributed by atoms with Crippen LogP contribution < -0.4 is 4.74 Å². The maximum Gasteiger partial charge on any atom is 0.263 e. The van der Waals surface area contributed by atoms with Gasteiger partial charge in [-0.15, -0.1) is 0 Å². The molecule has 0 bridgehead atoms. The van der Waals surface area contributed by atoms with Gasteiger partial charge < -0.3 is 9.64 Å². The van der Waals surface area contributed by atoms with Gasteiger partial charge in [0.25, 0.3) is 5.91 Å². The fraction of sp³-hybridized carbons (Fsp3) is 0.321. The predicted octanol–water partition coefficient (Wildman–Crippen LogP) is 5.66. The summed E-state index contributed by atoms with van der Waals surface area (Å²) in [5, 5.41) is 0.740. The first kappa shape index (κ1) is 23.3. The Bertz CT molecular complexity index is 1020. The van der Waals surface area contributed by atoms with Gasteiger partial charge in [-0.25, -0.2) is 0 Å². The molecule has 0 saturated carbocycles. The molecule has 0 spiro atoms. The van der Waals surface area contributed by atoms with Gasteiger partial charge in [0.2, 0.25) is 0 Å². The molecule has 4 nitrogen and oxygen atoms in total. The van der Waals surface area contributed by atoms with Gasteiger partial charge in [-0.1, -0.05) is 72.3 Å². The van der Waals surface area contributed by atoms with Crippen LogP contribution >= 0.6 is 11.6 Å². The van der Waals surface area contributed by atoms with E-state index in [1.165, 1.54) is 11.1 Å². The number of piperazine rings is 1. The fourth-order valence-electron chi connectivity index (χ4n) is 4.57. The van der Waals surface area contributed by atoms with Crippen LogP contribution in [-0.2, 0) is 4.79 Å². The molecule has 3 aromatic carbocycles. The minimum Gasteiger partial charge on any atom is -0.481 e. The van der Waals surface area contributed by atoms with E-state index in [-0.39, 0.29) is 11.9 Å². The first-order chi connectivity index (χ1) is 15.9. The maximum atomic E-state index is 13.1. The summed E-state index contributed by atoms with van der Waals surface area (Å²) in [5.74, 6) is 0.706. The summed E-state index contributed by atoms with van der Waals surface area (Å²) in [7, 11) is 0. The van der Waals surface area contributed by atoms with Crippen LogP contribution in [0.25, 0.3) is 0 Å². The molecule has 0 N–H and O–H groups in total. The molecule has 0 aromatic heterocycles. The summed E-state index contributed by atoms with van der Waals surface area (Å²) in [5.41, 5.74) is 4.45. The highest BCUT2D eigenvalue weighted by Crippen LogP contribution is 2.30. The Morgan fingerprint density at radius 3 is 1.82 bits per heavy atom. The first-order valence-corrected chi connectivity index (χ1v) is 11.9. The molecular formula is C28H31ClN2O2. The lowest BCUT2D eigenvalue weighted by Gasteiger charge is -2.40. The molecule has 3 aromatic rings. The van der Waals surface area contributed by atoms with Crippen LogP contribution in [0.5, 0.6) is 5.75 Å². The van der Waals surface area contributed by atoms with E-state index < -0.39 is 6.10 Å². The van der Waals surface area contributed by atoms with E-state index in [4.69, 9.17) is 16.3 Å². The molecule has 1 fully saturated rings. The Morgan fingerprint density at radius 1 is 0.848 bits per heavy atom. The number of hydrogen-bond donors (Lipinski definition) is 0. The molecule has 1 aliphatic heterocycles. The number of aryl methyl sites for hydroxylation is 2. The second-order valence-corrected chi connectivity index (χ2v) is 9.09. The first-order valence-electron chi connectivity index (χ1n) is 11.5. The van der Waals surface area contributed by atoms with Gasteiger partial charge in [0, 0.05) is 31.2 Å². The third-order valence-corrected chi connectivity index (χ3v) is 6.89. The Morgan fingerprint density at radius 2 is 1.33 bits per heavy atom. The van der Waals surface area contributed by atoms with Crippen LogP contribution in [-0.4, -0.2) is 48.0 Å². The average Bonchev–Trinajstić information content (AvgIpc) is 2.84. The standard InChI is InChI=1S/C28H31ClN2O2/c1-20-18-25(19-21(2)26(20)29)33-22(3)28(32)31-16-14-30(15-17-31)27(23-10-6-4-7-11-23)24-12-8-5-9-13-24/h4-13,18-19,22,27H,14-17H2,1-3H3/t22-/m0/s1. The number of amides is 1. The van der Waals surface area contributed by atoms with E-state index in [0.29, 0.717) is 18.8 Å². The summed E-state index contributed by atoms with van der Waals surface area (Å²) < 4.78 is 6.00. The minimum absolute atomic E-state index is 0.0240. The lowest BCUT2D eigenvalue weighted by molar-refractivity contribution is -0.140. The van der Waals surface area contributed by atoms with Crippen molar-refractivity contribution in [2.45, 2.75) is 32.9 Å². The highest BCUT2D eigenvalue weighted by Gasteiger charge is 2.30. The Kier molecular flexibility index (Phi) is 7.36. The summed E-state index contributed by atoms with van der Waals surface area (Å²) in [4.78, 5) is 17.5. The normalized spacial score (nSPS) is 15.5. The molecular weight excluding hydrogens is 432 g/mol. The van der Waals surface area contributed by atoms with Crippen molar-refractivity contribution >= 4 is 17.5 Å². The summed E-state index contributed by atoms with van der Waals surface area (Å²) in [6.07, 6.45) is -0.546. The second-order valence-electron chi connectivity index (χ2n) is 8.72. The Balaban J connectivity index is 1.42. The number of nitrogens with zero attached hydrogens (tertiary/aromatic N) is 2. The monoisotopic (exact) mass is 462 g/mol. The van der Waals surface area contributed by atoms with Crippen molar-refractivity contribution < 1.29 is 9.53 Å². The number of hydrogen-bond acceptors (Lipinski definition) is 3. The number of rotatable bonds is 6. The molecule has 4 rings (SSSR count). The number of halogens is 1. The zero-order valence-corrected chi connectivity index (χ0v) is 20.3. The highest BCUT2D eigenvalue weighted by molar-refractivity contribution is 6.32. The van der Waals surface area contributed by atoms with Gasteiger partial charge in [-0.05, 0) is 55.2 Å². The van der Waals surface area contributed by atoms with Gasteiger partial charge in [0.05, 0.1) is 6.04 Å². The molecule has 0 aliphatic carbocycles. The lowest BCUT2D eigenvalue weighted by atomic mass is 9.96. The molecule has 0 unspecified atom stereocenters. The molecule has 0 radical (unpaired) electrons. The number of benzene rings is 3. The molecule has 1 heterocycles. The molecule has 1 saturated heterocycles. The van der Waals surface area contributed by atoms with Crippen molar-refractivity contribution in [3.63, 3.8) is 0 Å². The van der Waals surface area contributed by atoms with Crippen LogP contribution in [0.15, 0.2) is 72.8 Å². The average molecular weight is 463 g/mol. The van der Waals surface area contributed by atoms with Gasteiger partial charge in [0.1, 0.15) is 5.75 Å². The van der Waals surface area contributed by atoms with Crippen molar-refractivity contribution in [1.29, 1.82) is 0 Å². The topological polar surface area (TPSA) is 32.8 Å². The quantitative estimate of drug-likeness (QED) is 0.474. The maximum absolute atomic E-state index is 13.1. The van der Waals surface area contributed by atoms with E-state index in [9.17, 15) is 4.79 Å². The second kappa shape index (κ2) is 10.4. The summed E-state index contributed by atoms with van der Waals surface area (Å²) in [6.45, 7) is 8.71. The van der Waals surface area contributed by atoms with Crippen LogP contribution in [0.1, 0.15) is 35.2 Å². The van der Waals surface area contributed by atoms with E-state index in [1.54, 1.807) is 0 Å². The molecule has 1 amide bonds.